The van der Waals surface area contributed by atoms with E-state index in [1.165, 1.54) is 36.9 Å². The van der Waals surface area contributed by atoms with Crippen molar-refractivity contribution in [3.8, 4) is 0 Å². The maximum Gasteiger partial charge on any atom is 0.222 e. The van der Waals surface area contributed by atoms with Crippen LogP contribution in [0.5, 0.6) is 0 Å². The summed E-state index contributed by atoms with van der Waals surface area (Å²) < 4.78 is 0. The highest BCUT2D eigenvalue weighted by atomic mass is 15.1. The van der Waals surface area contributed by atoms with Gasteiger partial charge in [0.2, 0.25) is 5.95 Å². The number of anilines is 1. The van der Waals surface area contributed by atoms with Crippen LogP contribution in [-0.2, 0) is 13.0 Å². The Morgan fingerprint density at radius 2 is 2.24 bits per heavy atom. The summed E-state index contributed by atoms with van der Waals surface area (Å²) in [5, 5.41) is 6.73. The van der Waals surface area contributed by atoms with Crippen molar-refractivity contribution >= 4 is 5.95 Å². The Hall–Kier alpha value is -1.16. The van der Waals surface area contributed by atoms with Crippen LogP contribution in [0.15, 0.2) is 6.20 Å². The van der Waals surface area contributed by atoms with Gasteiger partial charge in [0.1, 0.15) is 0 Å². The van der Waals surface area contributed by atoms with Crippen molar-refractivity contribution in [1.82, 2.24) is 15.3 Å². The van der Waals surface area contributed by atoms with Gasteiger partial charge in [-0.15, -0.1) is 0 Å². The highest BCUT2D eigenvalue weighted by molar-refractivity contribution is 5.30. The lowest BCUT2D eigenvalue weighted by Gasteiger charge is -2.17. The van der Waals surface area contributed by atoms with E-state index >= 15 is 0 Å². The molecule has 1 aliphatic heterocycles. The van der Waals surface area contributed by atoms with Gasteiger partial charge in [-0.1, -0.05) is 12.8 Å². The molecule has 1 aliphatic carbocycles. The molecule has 0 spiro atoms. The van der Waals surface area contributed by atoms with Crippen LogP contribution < -0.4 is 10.6 Å². The molecule has 0 aromatic carbocycles. The zero-order valence-corrected chi connectivity index (χ0v) is 10.2. The summed E-state index contributed by atoms with van der Waals surface area (Å²) in [6.45, 7) is 2.99. The normalized spacial score (nSPS) is 20.2. The number of hydrogen-bond acceptors (Lipinski definition) is 4. The summed E-state index contributed by atoms with van der Waals surface area (Å²) in [5.41, 5.74) is 2.47. The number of nitrogens with zero attached hydrogens (tertiary/aromatic N) is 2. The Bertz CT molecular complexity index is 385. The van der Waals surface area contributed by atoms with Gasteiger partial charge in [0.05, 0.1) is 5.69 Å². The molecule has 0 amide bonds. The van der Waals surface area contributed by atoms with Gasteiger partial charge < -0.3 is 10.6 Å². The molecule has 4 heteroatoms. The minimum atomic E-state index is 0.817. The monoisotopic (exact) mass is 232 g/mol. The minimum absolute atomic E-state index is 0.817. The smallest absolute Gasteiger partial charge is 0.222 e. The third-order valence-electron chi connectivity index (χ3n) is 3.83. The lowest BCUT2D eigenvalue weighted by molar-refractivity contribution is 0.576. The fourth-order valence-electron chi connectivity index (χ4n) is 2.77. The first-order chi connectivity index (χ1) is 8.42. The van der Waals surface area contributed by atoms with E-state index in [9.17, 15) is 0 Å². The molecule has 0 radical (unpaired) electrons. The van der Waals surface area contributed by atoms with Crippen molar-refractivity contribution in [1.29, 1.82) is 0 Å². The van der Waals surface area contributed by atoms with Crippen LogP contribution in [-0.4, -0.2) is 23.1 Å². The predicted molar refractivity (Wildman–Crippen MR) is 67.9 cm³/mol. The summed E-state index contributed by atoms with van der Waals surface area (Å²) in [6.07, 6.45) is 8.50. The van der Waals surface area contributed by atoms with Gasteiger partial charge in [-0.3, -0.25) is 0 Å². The maximum absolute atomic E-state index is 4.61. The van der Waals surface area contributed by atoms with Gasteiger partial charge >= 0.3 is 0 Å². The topological polar surface area (TPSA) is 49.8 Å². The Morgan fingerprint density at radius 3 is 3.12 bits per heavy atom. The van der Waals surface area contributed by atoms with E-state index in [1.54, 1.807) is 0 Å². The van der Waals surface area contributed by atoms with E-state index < -0.39 is 0 Å². The van der Waals surface area contributed by atoms with Crippen LogP contribution in [0.2, 0.25) is 0 Å². The molecule has 1 fully saturated rings. The number of hydrogen-bond donors (Lipinski definition) is 2. The molecule has 1 saturated carbocycles. The van der Waals surface area contributed by atoms with E-state index in [0.717, 1.165) is 37.9 Å². The summed E-state index contributed by atoms with van der Waals surface area (Å²) in [5.74, 6) is 1.65. The van der Waals surface area contributed by atoms with Crippen molar-refractivity contribution in [3.05, 3.63) is 17.5 Å². The average molecular weight is 232 g/mol. The lowest BCUT2D eigenvalue weighted by Crippen LogP contribution is -2.25. The molecule has 0 atom stereocenters. The van der Waals surface area contributed by atoms with E-state index in [-0.39, 0.29) is 0 Å². The van der Waals surface area contributed by atoms with Gasteiger partial charge in [0.15, 0.2) is 0 Å². The number of fused-ring (bicyclic) bond motifs is 1. The SMILES string of the molecule is c1nc(NCC2CCCC2)nc2c1CNCC2. The number of nitrogens with one attached hydrogen (secondary N) is 2. The third-order valence-corrected chi connectivity index (χ3v) is 3.83. The Balaban J connectivity index is 1.62. The van der Waals surface area contributed by atoms with Crippen molar-refractivity contribution in [2.24, 2.45) is 5.92 Å². The van der Waals surface area contributed by atoms with Crippen LogP contribution in [0.25, 0.3) is 0 Å². The van der Waals surface area contributed by atoms with Gasteiger partial charge in [-0.05, 0) is 18.8 Å². The molecule has 2 heterocycles. The molecule has 0 bridgehead atoms. The van der Waals surface area contributed by atoms with Gasteiger partial charge in [0, 0.05) is 37.8 Å². The van der Waals surface area contributed by atoms with Crippen molar-refractivity contribution in [3.63, 3.8) is 0 Å². The third kappa shape index (κ3) is 2.57. The summed E-state index contributed by atoms with van der Waals surface area (Å²) in [6, 6.07) is 0. The van der Waals surface area contributed by atoms with E-state index in [2.05, 4.69) is 20.6 Å². The summed E-state index contributed by atoms with van der Waals surface area (Å²) in [7, 11) is 0. The Labute approximate surface area is 102 Å². The molecular weight excluding hydrogens is 212 g/mol. The Kier molecular flexibility index (Phi) is 3.22. The summed E-state index contributed by atoms with van der Waals surface area (Å²) >= 11 is 0. The van der Waals surface area contributed by atoms with Gasteiger partial charge in [0.25, 0.3) is 0 Å². The van der Waals surface area contributed by atoms with Gasteiger partial charge in [-0.25, -0.2) is 9.97 Å². The molecule has 1 aromatic heterocycles. The van der Waals surface area contributed by atoms with Crippen LogP contribution in [0.3, 0.4) is 0 Å². The average Bonchev–Trinajstić information content (AvgIpc) is 2.89. The van der Waals surface area contributed by atoms with E-state index in [0.29, 0.717) is 0 Å². The highest BCUT2D eigenvalue weighted by Gasteiger charge is 2.16. The summed E-state index contributed by atoms with van der Waals surface area (Å²) in [4.78, 5) is 9.00. The highest BCUT2D eigenvalue weighted by Crippen LogP contribution is 2.24. The lowest BCUT2D eigenvalue weighted by atomic mass is 10.1. The first-order valence-corrected chi connectivity index (χ1v) is 6.71. The van der Waals surface area contributed by atoms with Crippen LogP contribution >= 0.6 is 0 Å². The zero-order chi connectivity index (χ0) is 11.5. The molecule has 2 N–H and O–H groups in total. The molecule has 17 heavy (non-hydrogen) atoms. The second kappa shape index (κ2) is 5.00. The fourth-order valence-corrected chi connectivity index (χ4v) is 2.77. The molecule has 2 aliphatic rings. The van der Waals surface area contributed by atoms with Crippen molar-refractivity contribution in [2.75, 3.05) is 18.4 Å². The molecule has 1 aromatic rings. The second-order valence-corrected chi connectivity index (χ2v) is 5.12. The quantitative estimate of drug-likeness (QED) is 0.833. The standard InChI is InChI=1S/C13H20N4/c1-2-4-10(3-1)7-15-13-16-9-11-8-14-6-5-12(11)17-13/h9-10,14H,1-8H2,(H,15,16,17). The number of aromatic nitrogens is 2. The predicted octanol–water partition coefficient (Wildman–Crippen LogP) is 1.72. The van der Waals surface area contributed by atoms with E-state index in [4.69, 9.17) is 0 Å². The van der Waals surface area contributed by atoms with Gasteiger partial charge in [-0.2, -0.15) is 0 Å². The zero-order valence-electron chi connectivity index (χ0n) is 10.2. The molecule has 4 nitrogen and oxygen atoms in total. The van der Waals surface area contributed by atoms with E-state index in [1.807, 2.05) is 6.20 Å². The second-order valence-electron chi connectivity index (χ2n) is 5.12. The Morgan fingerprint density at radius 1 is 1.35 bits per heavy atom. The van der Waals surface area contributed by atoms with Crippen molar-refractivity contribution in [2.45, 2.75) is 38.6 Å². The number of rotatable bonds is 3. The first kappa shape index (κ1) is 11.0. The molecule has 0 unspecified atom stereocenters. The minimum Gasteiger partial charge on any atom is -0.354 e. The first-order valence-electron chi connectivity index (χ1n) is 6.71. The fraction of sp³-hybridized carbons (Fsp3) is 0.692. The molecular formula is C13H20N4. The molecule has 3 rings (SSSR count). The van der Waals surface area contributed by atoms with Crippen LogP contribution in [0, 0.1) is 5.92 Å². The maximum atomic E-state index is 4.61. The molecule has 0 saturated heterocycles. The van der Waals surface area contributed by atoms with Crippen molar-refractivity contribution < 1.29 is 0 Å². The molecule has 92 valence electrons. The van der Waals surface area contributed by atoms with Crippen LogP contribution in [0.1, 0.15) is 36.9 Å². The largest absolute Gasteiger partial charge is 0.354 e. The van der Waals surface area contributed by atoms with Crippen LogP contribution in [0.4, 0.5) is 5.95 Å².